The van der Waals surface area contributed by atoms with Crippen molar-refractivity contribution in [1.29, 1.82) is 0 Å². The van der Waals surface area contributed by atoms with Crippen molar-refractivity contribution in [1.82, 2.24) is 9.13 Å². The van der Waals surface area contributed by atoms with Crippen LogP contribution < -0.4 is 0 Å². The fourth-order valence-electron chi connectivity index (χ4n) is 3.95. The maximum Gasteiger partial charge on any atom is 0.0668 e. The summed E-state index contributed by atoms with van der Waals surface area (Å²) in [5.74, 6) is 0. The molecular weight excluding hydrogens is 468 g/mol. The second kappa shape index (κ2) is 7.09. The summed E-state index contributed by atoms with van der Waals surface area (Å²) in [6.07, 6.45) is 0. The van der Waals surface area contributed by atoms with Gasteiger partial charge in [-0.15, -0.1) is 0 Å². The van der Waals surface area contributed by atoms with Crippen LogP contribution in [-0.2, 0) is 0 Å². The van der Waals surface area contributed by atoms with Crippen LogP contribution in [0.3, 0.4) is 0 Å². The summed E-state index contributed by atoms with van der Waals surface area (Å²) in [5, 5.41) is -1.28. The van der Waals surface area contributed by atoms with Gasteiger partial charge in [0.2, 0.25) is 0 Å². The lowest BCUT2D eigenvalue weighted by Crippen LogP contribution is -1.98. The van der Waals surface area contributed by atoms with Crippen molar-refractivity contribution in [3.8, 4) is 11.4 Å². The molecule has 7 aromatic rings. The third-order valence-corrected chi connectivity index (χ3v) is 5.82. The maximum absolute atomic E-state index is 9.70. The van der Waals surface area contributed by atoms with Crippen molar-refractivity contribution in [2.45, 2.75) is 0 Å². The summed E-state index contributed by atoms with van der Waals surface area (Å²) in [5.41, 5.74) is -2.73. The Morgan fingerprint density at radius 1 is 0.485 bits per heavy atom. The van der Waals surface area contributed by atoms with Gasteiger partial charge in [0, 0.05) is 31.7 Å². The van der Waals surface area contributed by atoms with E-state index in [1.807, 2.05) is 0 Å². The number of nitrogens with zero attached hydrogens (tertiary/aromatic N) is 2. The summed E-state index contributed by atoms with van der Waals surface area (Å²) in [6, 6.07) is -13.8. The number of hydrogen-bond donors (Lipinski definition) is 0. The molecule has 0 N–H and O–H groups in total. The van der Waals surface area contributed by atoms with E-state index < -0.39 is 148 Å². The SMILES string of the molecule is [2H]c1c([2H])c([2H])c(-n2c3c([2H])c([2H])c([2H])c([2H])c3c3c([2H])c(Br)c(-n4c5c([2H])c([2H])c([2H])c([2H])c5c5c([2H])c([2H])c([2H])c([2H])c54)c([2H])c32)c([2H])c1[2H]. The van der Waals surface area contributed by atoms with E-state index in [0.29, 0.717) is 0 Å². The van der Waals surface area contributed by atoms with Gasteiger partial charge < -0.3 is 9.13 Å². The van der Waals surface area contributed by atoms with Gasteiger partial charge in [0.25, 0.3) is 0 Å². The molecule has 3 heteroatoms. The monoisotopic (exact) mass is 505 g/mol. The van der Waals surface area contributed by atoms with Gasteiger partial charge in [-0.2, -0.15) is 0 Å². The maximum atomic E-state index is 9.70. The molecule has 0 atom stereocenters. The van der Waals surface area contributed by atoms with Gasteiger partial charge in [0.15, 0.2) is 0 Å². The molecule has 0 aliphatic carbocycles. The van der Waals surface area contributed by atoms with E-state index in [0.717, 1.165) is 9.13 Å². The molecule has 0 fully saturated rings. The summed E-state index contributed by atoms with van der Waals surface area (Å²) in [6.45, 7) is 0. The minimum Gasteiger partial charge on any atom is -0.309 e. The zero-order valence-corrected chi connectivity index (χ0v) is 17.9. The topological polar surface area (TPSA) is 9.86 Å². The highest BCUT2D eigenvalue weighted by molar-refractivity contribution is 9.10. The Hall–Kier alpha value is -3.82. The van der Waals surface area contributed by atoms with E-state index in [2.05, 4.69) is 15.9 Å². The van der Waals surface area contributed by atoms with Gasteiger partial charge in [-0.05, 0) is 58.2 Å². The van der Waals surface area contributed by atoms with Gasteiger partial charge in [0.1, 0.15) is 0 Å². The molecule has 2 nitrogen and oxygen atoms in total. The van der Waals surface area contributed by atoms with E-state index in [1.54, 1.807) is 0 Å². The standard InChI is InChI=1S/C30H19BrN2/c31-25-18-24-23-14-6-7-15-26(23)32(20-10-2-1-3-11-20)29(24)19-30(25)33-27-16-8-4-12-21(27)22-13-5-9-17-28(22)33/h1-19H/i1D,2D,3D,4D,5D,6D,7D,8D,9D,10D,11D,12D,13D,14D,15D,16D,17D,18D,19D. The number of fused-ring (bicyclic) bond motifs is 6. The molecule has 33 heavy (non-hydrogen) atoms. The first-order valence-corrected chi connectivity index (χ1v) is 10.3. The first kappa shape index (κ1) is 7.89. The van der Waals surface area contributed by atoms with Crippen molar-refractivity contribution in [2.24, 2.45) is 0 Å². The minimum absolute atomic E-state index is 0.295. The first-order chi connectivity index (χ1) is 24.2. The largest absolute Gasteiger partial charge is 0.309 e. The highest BCUT2D eigenvalue weighted by Crippen LogP contribution is 2.39. The zero-order chi connectivity index (χ0) is 38.5. The zero-order valence-electron chi connectivity index (χ0n) is 35.3. The van der Waals surface area contributed by atoms with Crippen molar-refractivity contribution in [2.75, 3.05) is 0 Å². The molecular formula is C30H19BrN2. The molecule has 2 heterocycles. The smallest absolute Gasteiger partial charge is 0.0668 e. The summed E-state index contributed by atoms with van der Waals surface area (Å²) < 4.78 is 166. The van der Waals surface area contributed by atoms with Crippen LogP contribution in [0.25, 0.3) is 55.0 Å². The van der Waals surface area contributed by atoms with Crippen LogP contribution in [0.1, 0.15) is 26.0 Å². The van der Waals surface area contributed by atoms with Gasteiger partial charge in [-0.1, -0.05) is 72.5 Å². The second-order valence-corrected chi connectivity index (χ2v) is 7.74. The Bertz CT molecular complexity index is 2750. The van der Waals surface area contributed by atoms with Crippen LogP contribution in [0.5, 0.6) is 0 Å². The fourth-order valence-corrected chi connectivity index (χ4v) is 4.42. The number of hydrogen-bond acceptors (Lipinski definition) is 0. The molecule has 0 aliphatic heterocycles. The van der Waals surface area contributed by atoms with Crippen LogP contribution in [0.2, 0.25) is 0 Å². The fraction of sp³-hybridized carbons (Fsp3) is 0. The first-order valence-electron chi connectivity index (χ1n) is 19.0. The van der Waals surface area contributed by atoms with Crippen LogP contribution >= 0.6 is 15.9 Å². The Kier molecular flexibility index (Phi) is 1.70. The van der Waals surface area contributed by atoms with E-state index >= 15 is 0 Å². The molecule has 156 valence electrons. The van der Waals surface area contributed by atoms with Crippen LogP contribution in [-0.4, -0.2) is 9.13 Å². The molecule has 0 unspecified atom stereocenters. The predicted molar refractivity (Wildman–Crippen MR) is 143 cm³/mol. The molecule has 0 radical (unpaired) electrons. The van der Waals surface area contributed by atoms with E-state index in [9.17, 15) is 2.74 Å². The molecule has 5 aromatic carbocycles. The highest BCUT2D eigenvalue weighted by atomic mass is 79.9. The summed E-state index contributed by atoms with van der Waals surface area (Å²) >= 11 is 3.31. The molecule has 0 bridgehead atoms. The van der Waals surface area contributed by atoms with E-state index in [4.69, 9.17) is 23.3 Å². The Balaban J connectivity index is 1.88. The van der Waals surface area contributed by atoms with Crippen molar-refractivity contribution in [3.05, 3.63) is 119 Å². The lowest BCUT2D eigenvalue weighted by atomic mass is 10.1. The average Bonchev–Trinajstić information content (AvgIpc) is 3.65. The quantitative estimate of drug-likeness (QED) is 0.222. The van der Waals surface area contributed by atoms with Crippen molar-refractivity contribution in [3.63, 3.8) is 0 Å². The van der Waals surface area contributed by atoms with Gasteiger partial charge >= 0.3 is 0 Å². The summed E-state index contributed by atoms with van der Waals surface area (Å²) in [7, 11) is 0. The number of para-hydroxylation sites is 4. The molecule has 0 aliphatic rings. The Labute approximate surface area is 226 Å². The van der Waals surface area contributed by atoms with Crippen LogP contribution in [0.15, 0.2) is 119 Å². The molecule has 0 amide bonds. The Morgan fingerprint density at radius 2 is 0.970 bits per heavy atom. The molecule has 2 aromatic heterocycles. The van der Waals surface area contributed by atoms with E-state index in [1.165, 1.54) is 0 Å². The minimum atomic E-state index is -0.812. The van der Waals surface area contributed by atoms with Gasteiger partial charge in [-0.3, -0.25) is 0 Å². The molecule has 0 spiro atoms. The Morgan fingerprint density at radius 3 is 1.58 bits per heavy atom. The molecule has 7 rings (SSSR count). The number of halogens is 1. The second-order valence-electron chi connectivity index (χ2n) is 6.95. The van der Waals surface area contributed by atoms with Crippen LogP contribution in [0, 0.1) is 0 Å². The molecule has 0 saturated carbocycles. The normalized spacial score (nSPS) is 19.8. The lowest BCUT2D eigenvalue weighted by Gasteiger charge is -2.13. The van der Waals surface area contributed by atoms with Gasteiger partial charge in [0.05, 0.1) is 53.8 Å². The lowest BCUT2D eigenvalue weighted by molar-refractivity contribution is 1.15. The van der Waals surface area contributed by atoms with Crippen molar-refractivity contribution < 1.29 is 26.0 Å². The molecule has 0 saturated heterocycles. The third-order valence-electron chi connectivity index (χ3n) is 5.25. The number of benzene rings is 5. The highest BCUT2D eigenvalue weighted by Gasteiger charge is 2.18. The third kappa shape index (κ3) is 2.66. The van der Waals surface area contributed by atoms with Gasteiger partial charge in [-0.25, -0.2) is 0 Å². The van der Waals surface area contributed by atoms with Crippen LogP contribution in [0.4, 0.5) is 0 Å². The average molecular weight is 507 g/mol. The number of aromatic nitrogens is 2. The van der Waals surface area contributed by atoms with Crippen molar-refractivity contribution >= 4 is 59.5 Å². The predicted octanol–water partition coefficient (Wildman–Crippen LogP) is 8.64. The van der Waals surface area contributed by atoms with E-state index in [-0.39, 0.29) is 26.0 Å². The number of rotatable bonds is 2. The summed E-state index contributed by atoms with van der Waals surface area (Å²) in [4.78, 5) is 0.